The highest BCUT2D eigenvalue weighted by molar-refractivity contribution is 5.84. The van der Waals surface area contributed by atoms with Crippen molar-refractivity contribution in [1.82, 2.24) is 9.97 Å². The number of hydrogen-bond donors (Lipinski definition) is 2. The Kier molecular flexibility index (Phi) is 16.1. The highest BCUT2D eigenvalue weighted by Crippen LogP contribution is 2.33. The van der Waals surface area contributed by atoms with Crippen LogP contribution in [0.3, 0.4) is 0 Å². The van der Waals surface area contributed by atoms with Crippen LogP contribution in [0.5, 0.6) is 0 Å². The molecule has 0 aliphatic heterocycles. The zero-order valence-corrected chi connectivity index (χ0v) is 25.9. The van der Waals surface area contributed by atoms with Gasteiger partial charge in [0.1, 0.15) is 5.60 Å². The van der Waals surface area contributed by atoms with Gasteiger partial charge in [-0.05, 0) is 75.6 Å². The molecule has 2 aromatic rings. The summed E-state index contributed by atoms with van der Waals surface area (Å²) >= 11 is 0. The maximum atomic E-state index is 11.7. The van der Waals surface area contributed by atoms with Gasteiger partial charge < -0.3 is 10.2 Å². The van der Waals surface area contributed by atoms with Crippen LogP contribution >= 0.6 is 0 Å². The van der Waals surface area contributed by atoms with Gasteiger partial charge in [0.25, 0.3) is 0 Å². The van der Waals surface area contributed by atoms with E-state index in [9.17, 15) is 15.0 Å². The molecule has 1 saturated carbocycles. The number of unbranched alkanes of at least 4 members (excludes halogenated alkanes) is 3. The molecule has 0 radical (unpaired) electrons. The number of benzene rings is 1. The monoisotopic (exact) mass is 552 g/mol. The second kappa shape index (κ2) is 18.4. The Morgan fingerprint density at radius 3 is 2.15 bits per heavy atom. The van der Waals surface area contributed by atoms with Crippen molar-refractivity contribution in [2.24, 2.45) is 11.8 Å². The summed E-state index contributed by atoms with van der Waals surface area (Å²) in [5.74, 6) is 1.43. The predicted molar refractivity (Wildman–Crippen MR) is 163 cm³/mol. The fourth-order valence-electron chi connectivity index (χ4n) is 4.79. The predicted octanol–water partition coefficient (Wildman–Crippen LogP) is 8.56. The van der Waals surface area contributed by atoms with Gasteiger partial charge in [0.15, 0.2) is 5.82 Å². The molecule has 1 fully saturated rings. The number of aryl methyl sites for hydroxylation is 2. The molecule has 222 valence electrons. The van der Waals surface area contributed by atoms with Crippen molar-refractivity contribution < 1.29 is 15.0 Å². The molecular formula is C33H52N4O3. The summed E-state index contributed by atoms with van der Waals surface area (Å²) in [4.78, 5) is 21.4. The average Bonchev–Trinajstić information content (AvgIpc) is 2.93. The van der Waals surface area contributed by atoms with Gasteiger partial charge in [-0.1, -0.05) is 78.2 Å². The van der Waals surface area contributed by atoms with Crippen LogP contribution in [0.1, 0.15) is 121 Å². The molecule has 0 saturated heterocycles. The van der Waals surface area contributed by atoms with Crippen LogP contribution in [0.4, 0.5) is 10.6 Å². The maximum Gasteiger partial charge on any atom is 0.413 e. The maximum absolute atomic E-state index is 11.7. The van der Waals surface area contributed by atoms with Gasteiger partial charge in [0.2, 0.25) is 0 Å². The highest BCUT2D eigenvalue weighted by Gasteiger charge is 2.27. The van der Waals surface area contributed by atoms with E-state index in [2.05, 4.69) is 36.8 Å². The van der Waals surface area contributed by atoms with Gasteiger partial charge in [-0.2, -0.15) is 5.26 Å². The Morgan fingerprint density at radius 2 is 1.68 bits per heavy atom. The van der Waals surface area contributed by atoms with Crippen LogP contribution in [-0.2, 0) is 5.60 Å². The first-order chi connectivity index (χ1) is 19.0. The van der Waals surface area contributed by atoms with Crippen molar-refractivity contribution in [2.45, 2.75) is 118 Å². The van der Waals surface area contributed by atoms with Crippen molar-refractivity contribution in [3.63, 3.8) is 0 Å². The van der Waals surface area contributed by atoms with Gasteiger partial charge in [-0.25, -0.2) is 9.78 Å². The molecule has 0 spiro atoms. The zero-order valence-electron chi connectivity index (χ0n) is 25.9. The number of nitriles is 1. The number of aromatic nitrogens is 2. The Hall–Kier alpha value is -2.98. The zero-order chi connectivity index (χ0) is 30.1. The molecule has 2 N–H and O–H groups in total. The quantitative estimate of drug-likeness (QED) is 0.322. The van der Waals surface area contributed by atoms with Crippen LogP contribution in [0.2, 0.25) is 0 Å². The number of rotatable bonds is 9. The van der Waals surface area contributed by atoms with E-state index in [4.69, 9.17) is 5.26 Å². The van der Waals surface area contributed by atoms with Crippen LogP contribution in [0.15, 0.2) is 30.6 Å². The Balaban J connectivity index is 0.000000436. The first kappa shape index (κ1) is 35.0. The Morgan fingerprint density at radius 1 is 1.02 bits per heavy atom. The SMILES string of the molecule is CCCCC.CCCCC1CCCC(CN(C(=O)O)c2cnc(C(C)(C)O)cn2)C1.Cc1ccc(C#N)cc1C. The average molecular weight is 553 g/mol. The molecule has 0 bridgehead atoms. The Bertz CT molecular complexity index is 1040. The molecular weight excluding hydrogens is 500 g/mol. The summed E-state index contributed by atoms with van der Waals surface area (Å²) in [5, 5.41) is 28.1. The van der Waals surface area contributed by atoms with E-state index < -0.39 is 11.7 Å². The van der Waals surface area contributed by atoms with E-state index in [1.165, 1.54) is 79.8 Å². The lowest BCUT2D eigenvalue weighted by atomic mass is 9.79. The summed E-state index contributed by atoms with van der Waals surface area (Å²) in [6.07, 6.45) is 14.3. The topological polar surface area (TPSA) is 110 Å². The van der Waals surface area contributed by atoms with Gasteiger partial charge in [0, 0.05) is 6.54 Å². The molecule has 1 aliphatic carbocycles. The van der Waals surface area contributed by atoms with Gasteiger partial charge in [-0.3, -0.25) is 9.88 Å². The van der Waals surface area contributed by atoms with E-state index in [0.29, 0.717) is 24.0 Å². The molecule has 1 aliphatic rings. The van der Waals surface area contributed by atoms with Crippen LogP contribution < -0.4 is 4.90 Å². The minimum atomic E-state index is -1.09. The summed E-state index contributed by atoms with van der Waals surface area (Å²) in [5.41, 5.74) is 2.50. The lowest BCUT2D eigenvalue weighted by molar-refractivity contribution is 0.0734. The molecule has 3 rings (SSSR count). The minimum absolute atomic E-state index is 0.330. The third-order valence-electron chi connectivity index (χ3n) is 7.41. The molecule has 2 unspecified atom stereocenters. The van der Waals surface area contributed by atoms with Crippen molar-refractivity contribution in [1.29, 1.82) is 5.26 Å². The minimum Gasteiger partial charge on any atom is -0.465 e. The van der Waals surface area contributed by atoms with Crippen molar-refractivity contribution in [3.8, 4) is 6.07 Å². The van der Waals surface area contributed by atoms with Crippen molar-refractivity contribution >= 4 is 11.9 Å². The first-order valence-electron chi connectivity index (χ1n) is 15.0. The molecule has 1 aromatic carbocycles. The third kappa shape index (κ3) is 12.9. The molecule has 1 heterocycles. The van der Waals surface area contributed by atoms with Crippen LogP contribution in [-0.4, -0.2) is 32.8 Å². The number of aliphatic hydroxyl groups is 1. The number of carboxylic acid groups (broad SMARTS) is 1. The normalized spacial score (nSPS) is 16.5. The summed E-state index contributed by atoms with van der Waals surface area (Å²) < 4.78 is 0. The number of amides is 1. The summed E-state index contributed by atoms with van der Waals surface area (Å²) in [7, 11) is 0. The second-order valence-electron chi connectivity index (χ2n) is 11.5. The fraction of sp³-hybridized carbons (Fsp3) is 0.636. The first-order valence-corrected chi connectivity index (χ1v) is 15.0. The third-order valence-corrected chi connectivity index (χ3v) is 7.41. The van der Waals surface area contributed by atoms with Crippen LogP contribution in [0, 0.1) is 37.0 Å². The molecule has 7 heteroatoms. The number of nitrogens with zero attached hydrogens (tertiary/aromatic N) is 4. The molecule has 7 nitrogen and oxygen atoms in total. The number of anilines is 1. The van der Waals surface area contributed by atoms with Gasteiger partial charge in [-0.15, -0.1) is 0 Å². The Labute approximate surface area is 242 Å². The van der Waals surface area contributed by atoms with Crippen molar-refractivity contribution in [2.75, 3.05) is 11.4 Å². The van der Waals surface area contributed by atoms with Gasteiger partial charge in [0.05, 0.1) is 29.7 Å². The lowest BCUT2D eigenvalue weighted by Gasteiger charge is -2.32. The number of hydrogen-bond acceptors (Lipinski definition) is 5. The van der Waals surface area contributed by atoms with E-state index in [1.807, 2.05) is 32.0 Å². The summed E-state index contributed by atoms with van der Waals surface area (Å²) in [6, 6.07) is 7.79. The largest absolute Gasteiger partial charge is 0.465 e. The highest BCUT2D eigenvalue weighted by atomic mass is 16.4. The van der Waals surface area contributed by atoms with E-state index in [-0.39, 0.29) is 0 Å². The van der Waals surface area contributed by atoms with Crippen molar-refractivity contribution in [3.05, 3.63) is 53.0 Å². The molecule has 1 aromatic heterocycles. The summed E-state index contributed by atoms with van der Waals surface area (Å²) in [6.45, 7) is 14.4. The second-order valence-corrected chi connectivity index (χ2v) is 11.5. The van der Waals surface area contributed by atoms with Gasteiger partial charge >= 0.3 is 6.09 Å². The smallest absolute Gasteiger partial charge is 0.413 e. The lowest BCUT2D eigenvalue weighted by Crippen LogP contribution is -2.36. The van der Waals surface area contributed by atoms with E-state index in [0.717, 1.165) is 24.3 Å². The molecule has 40 heavy (non-hydrogen) atoms. The number of carbonyl (C=O) groups is 1. The van der Waals surface area contributed by atoms with Crippen LogP contribution in [0.25, 0.3) is 0 Å². The standard InChI is InChI=1S/C19H31N3O3.C9H9N.C5H12/c1-4-5-7-14-8-6-9-15(10-14)13-22(18(23)24)17-12-20-16(11-21-17)19(2,3)25;1-7-3-4-9(6-10)5-8(7)2;1-3-5-4-2/h11-12,14-15,25H,4-10,13H2,1-3H3,(H,23,24);3-5H,1-2H3;3-5H2,1-2H3. The fourth-order valence-corrected chi connectivity index (χ4v) is 4.79. The molecule has 1 amide bonds. The van der Waals surface area contributed by atoms with E-state index >= 15 is 0 Å². The molecule has 2 atom stereocenters. The van der Waals surface area contributed by atoms with E-state index in [1.54, 1.807) is 13.8 Å².